The van der Waals surface area contributed by atoms with Crippen LogP contribution in [0.5, 0.6) is 0 Å². The van der Waals surface area contributed by atoms with E-state index in [0.29, 0.717) is 5.95 Å². The van der Waals surface area contributed by atoms with Gasteiger partial charge in [-0.3, -0.25) is 0 Å². The number of epoxide rings is 1. The van der Waals surface area contributed by atoms with Gasteiger partial charge in [-0.25, -0.2) is 20.8 Å². The van der Waals surface area contributed by atoms with Crippen molar-refractivity contribution in [1.82, 2.24) is 9.97 Å². The van der Waals surface area contributed by atoms with Crippen molar-refractivity contribution >= 4 is 12.3 Å². The van der Waals surface area contributed by atoms with Crippen molar-refractivity contribution in [3.8, 4) is 0 Å². The first-order chi connectivity index (χ1) is 6.81. The molecule has 7 heteroatoms. The van der Waals surface area contributed by atoms with E-state index in [4.69, 9.17) is 16.4 Å². The molecule has 1 aromatic heterocycles. The Morgan fingerprint density at radius 3 is 2.71 bits per heavy atom. The molecule has 7 nitrogen and oxygen atoms in total. The molecule has 4 N–H and O–H groups in total. The largest absolute Gasteiger partial charge is 0.368 e. The summed E-state index contributed by atoms with van der Waals surface area (Å²) in [7, 11) is 0. The molecule has 1 atom stereocenters. The highest BCUT2D eigenvalue weighted by molar-refractivity contribution is 5.73. The second-order valence-electron chi connectivity index (χ2n) is 2.81. The lowest BCUT2D eigenvalue weighted by Crippen LogP contribution is -2.31. The number of hydrogen-bond donors (Lipinski definition) is 2. The minimum Gasteiger partial charge on any atom is -0.368 e. The molecule has 0 bridgehead atoms. The van der Waals surface area contributed by atoms with Crippen molar-refractivity contribution in [1.29, 1.82) is 0 Å². The fourth-order valence-electron chi connectivity index (χ4n) is 0.995. The van der Waals surface area contributed by atoms with Gasteiger partial charge in [-0.15, -0.1) is 0 Å². The van der Waals surface area contributed by atoms with Crippen LogP contribution in [-0.2, 0) is 4.74 Å². The van der Waals surface area contributed by atoms with E-state index in [1.54, 1.807) is 12.4 Å². The summed E-state index contributed by atoms with van der Waals surface area (Å²) < 4.78 is 5.07. The Kier molecular flexibility index (Phi) is 2.25. The number of hydrazine groups is 1. The van der Waals surface area contributed by atoms with Gasteiger partial charge in [-0.2, -0.15) is 5.10 Å². The zero-order valence-corrected chi connectivity index (χ0v) is 7.37. The van der Waals surface area contributed by atoms with Crippen LogP contribution in [0.4, 0.5) is 5.95 Å². The highest BCUT2D eigenvalue weighted by Crippen LogP contribution is 2.28. The van der Waals surface area contributed by atoms with Gasteiger partial charge < -0.3 is 10.6 Å². The molecule has 1 aliphatic rings. The highest BCUT2D eigenvalue weighted by Gasteiger charge is 2.25. The van der Waals surface area contributed by atoms with Gasteiger partial charge in [0, 0.05) is 18.0 Å². The summed E-state index contributed by atoms with van der Waals surface area (Å²) in [6, 6.07) is 0. The zero-order chi connectivity index (χ0) is 9.97. The number of nitrogens with two attached hydrogens (primary N) is 2. The number of nitrogens with zero attached hydrogens (tertiary/aromatic N) is 4. The predicted octanol–water partition coefficient (Wildman–Crippen LogP) is -0.870. The third-order valence-electron chi connectivity index (χ3n) is 1.79. The van der Waals surface area contributed by atoms with E-state index >= 15 is 0 Å². The van der Waals surface area contributed by atoms with Crippen LogP contribution < -0.4 is 16.7 Å². The Balaban J connectivity index is 2.12. The van der Waals surface area contributed by atoms with Gasteiger partial charge in [-0.1, -0.05) is 0 Å². The van der Waals surface area contributed by atoms with Crippen LogP contribution >= 0.6 is 0 Å². The molecule has 1 aliphatic heterocycles. The molecule has 0 saturated carbocycles. The molecule has 2 rings (SSSR count). The lowest BCUT2D eigenvalue weighted by Gasteiger charge is -2.08. The Morgan fingerprint density at radius 1 is 1.57 bits per heavy atom. The smallest absolute Gasteiger partial charge is 0.245 e. The Labute approximate surface area is 80.3 Å². The van der Waals surface area contributed by atoms with Gasteiger partial charge >= 0.3 is 0 Å². The van der Waals surface area contributed by atoms with E-state index in [9.17, 15) is 0 Å². The molecule has 0 spiro atoms. The van der Waals surface area contributed by atoms with Gasteiger partial charge in [0.15, 0.2) is 0 Å². The number of ether oxygens (including phenoxy) is 1. The van der Waals surface area contributed by atoms with Gasteiger partial charge in [0.25, 0.3) is 0 Å². The molecule has 0 radical (unpaired) electrons. The number of anilines is 1. The Bertz CT molecular complexity index is 333. The molecule has 74 valence electrons. The molecular formula is C7H10N6O. The maximum atomic E-state index is 5.50. The second kappa shape index (κ2) is 3.56. The van der Waals surface area contributed by atoms with Crippen LogP contribution in [-0.4, -0.2) is 22.9 Å². The van der Waals surface area contributed by atoms with Crippen LogP contribution in [0.15, 0.2) is 17.5 Å². The van der Waals surface area contributed by atoms with Gasteiger partial charge in [-0.05, 0) is 0 Å². The number of hydrazone groups is 1. The number of rotatable bonds is 3. The predicted molar refractivity (Wildman–Crippen MR) is 50.1 cm³/mol. The average molecular weight is 194 g/mol. The molecule has 0 amide bonds. The van der Waals surface area contributed by atoms with Crippen LogP contribution in [0.25, 0.3) is 0 Å². The maximum Gasteiger partial charge on any atom is 0.245 e. The van der Waals surface area contributed by atoms with E-state index in [1.807, 2.05) is 0 Å². The molecule has 2 heterocycles. The lowest BCUT2D eigenvalue weighted by atomic mass is 10.3. The third kappa shape index (κ3) is 1.78. The molecular weight excluding hydrogens is 184 g/mol. The van der Waals surface area contributed by atoms with E-state index in [0.717, 1.165) is 17.2 Å². The van der Waals surface area contributed by atoms with Crippen molar-refractivity contribution in [3.05, 3.63) is 18.0 Å². The van der Waals surface area contributed by atoms with Crippen LogP contribution in [0, 0.1) is 0 Å². The minimum absolute atomic E-state index is 0.151. The summed E-state index contributed by atoms with van der Waals surface area (Å²) in [4.78, 5) is 8.04. The van der Waals surface area contributed by atoms with Crippen molar-refractivity contribution in [2.24, 2.45) is 16.8 Å². The fourth-order valence-corrected chi connectivity index (χ4v) is 0.995. The summed E-state index contributed by atoms with van der Waals surface area (Å²) >= 11 is 0. The summed E-state index contributed by atoms with van der Waals surface area (Å²) in [5.41, 5.74) is 0.951. The second-order valence-corrected chi connectivity index (χ2v) is 2.81. The van der Waals surface area contributed by atoms with Gasteiger partial charge in [0.1, 0.15) is 12.4 Å². The van der Waals surface area contributed by atoms with E-state index in [2.05, 4.69) is 15.1 Å². The Hall–Kier alpha value is -1.73. The van der Waals surface area contributed by atoms with Crippen LogP contribution in [0.3, 0.4) is 0 Å². The SMILES string of the molecule is N/N=C\N(N)c1ncc([C@H]2CO2)cn1. The van der Waals surface area contributed by atoms with Gasteiger partial charge in [0.2, 0.25) is 5.95 Å². The summed E-state index contributed by atoms with van der Waals surface area (Å²) in [5, 5.41) is 4.39. The first-order valence-electron chi connectivity index (χ1n) is 4.02. The topological polar surface area (TPSA) is 106 Å². The first kappa shape index (κ1) is 8.85. The molecule has 0 aliphatic carbocycles. The summed E-state index contributed by atoms with van der Waals surface area (Å²) in [6.45, 7) is 0.735. The van der Waals surface area contributed by atoms with Crippen molar-refractivity contribution in [2.75, 3.05) is 11.6 Å². The molecule has 0 unspecified atom stereocenters. The van der Waals surface area contributed by atoms with Crippen molar-refractivity contribution in [2.45, 2.75) is 6.10 Å². The maximum absolute atomic E-state index is 5.50. The van der Waals surface area contributed by atoms with Crippen molar-refractivity contribution < 1.29 is 4.74 Å². The molecule has 1 saturated heterocycles. The molecule has 14 heavy (non-hydrogen) atoms. The standard InChI is InChI=1S/C7H10N6O/c8-12-4-13(9)7-10-1-5(2-11-7)6-3-14-6/h1-2,4,6H,3,8-9H2/b12-4-/t6-/m1/s1. The lowest BCUT2D eigenvalue weighted by molar-refractivity contribution is 0.414. The first-order valence-corrected chi connectivity index (χ1v) is 4.02. The summed E-state index contributed by atoms with van der Waals surface area (Å²) in [6.07, 6.45) is 4.72. The number of aromatic nitrogens is 2. The molecule has 0 aromatic carbocycles. The van der Waals surface area contributed by atoms with Crippen molar-refractivity contribution in [3.63, 3.8) is 0 Å². The van der Waals surface area contributed by atoms with Crippen LogP contribution in [0.1, 0.15) is 11.7 Å². The molecule has 1 aromatic rings. The van der Waals surface area contributed by atoms with Gasteiger partial charge in [0.05, 0.1) is 6.61 Å². The fraction of sp³-hybridized carbons (Fsp3) is 0.286. The highest BCUT2D eigenvalue weighted by atomic mass is 16.6. The quantitative estimate of drug-likeness (QED) is 0.213. The normalized spacial score (nSPS) is 19.9. The minimum atomic E-state index is 0.151. The van der Waals surface area contributed by atoms with E-state index in [1.165, 1.54) is 6.34 Å². The molecule has 1 fully saturated rings. The van der Waals surface area contributed by atoms with Crippen LogP contribution in [0.2, 0.25) is 0 Å². The third-order valence-corrected chi connectivity index (χ3v) is 1.79. The Morgan fingerprint density at radius 2 is 2.21 bits per heavy atom. The monoisotopic (exact) mass is 194 g/mol. The summed E-state index contributed by atoms with van der Waals surface area (Å²) in [5.74, 6) is 10.8. The van der Waals surface area contributed by atoms with E-state index in [-0.39, 0.29) is 6.10 Å². The van der Waals surface area contributed by atoms with E-state index < -0.39 is 0 Å². The average Bonchev–Trinajstić information content (AvgIpc) is 3.02. The zero-order valence-electron chi connectivity index (χ0n) is 7.37. The number of hydrogen-bond acceptors (Lipinski definition) is 6.